The van der Waals surface area contributed by atoms with E-state index in [0.717, 1.165) is 90.1 Å². The summed E-state index contributed by atoms with van der Waals surface area (Å²) in [7, 11) is 0. The minimum absolute atomic E-state index is 0.00755. The number of hydrogen-bond donors (Lipinski definition) is 5. The van der Waals surface area contributed by atoms with Crippen LogP contribution in [0.4, 0.5) is 0 Å². The van der Waals surface area contributed by atoms with Crippen molar-refractivity contribution in [1.29, 1.82) is 0 Å². The molecule has 0 aromatic rings. The molecule has 0 aliphatic rings. The van der Waals surface area contributed by atoms with Crippen LogP contribution in [0.15, 0.2) is 0 Å². The molecule has 0 unspecified atom stereocenters. The molecule has 0 fully saturated rings. The van der Waals surface area contributed by atoms with Gasteiger partial charge in [0, 0.05) is 19.4 Å². The third-order valence-corrected chi connectivity index (χ3v) is 11.0. The Labute approximate surface area is 366 Å². The number of carbonyl (C=O) groups is 4. The van der Waals surface area contributed by atoms with E-state index in [1.165, 1.54) is 122 Å². The second-order valence-corrected chi connectivity index (χ2v) is 16.7. The zero-order valence-corrected chi connectivity index (χ0v) is 38.7. The lowest BCUT2D eigenvalue weighted by atomic mass is 10.0. The Morgan fingerprint density at radius 3 is 1.22 bits per heavy atom. The van der Waals surface area contributed by atoms with E-state index in [4.69, 9.17) is 29.9 Å². The summed E-state index contributed by atoms with van der Waals surface area (Å²) in [4.78, 5) is 46.6. The van der Waals surface area contributed by atoms with Crippen LogP contribution in [0, 0.1) is 0 Å². The van der Waals surface area contributed by atoms with Crippen LogP contribution in [-0.2, 0) is 28.7 Å². The van der Waals surface area contributed by atoms with E-state index in [9.17, 15) is 24.3 Å². The summed E-state index contributed by atoms with van der Waals surface area (Å²) >= 11 is 0. The smallest absolute Gasteiger partial charge is 0.335 e. The lowest BCUT2D eigenvalue weighted by molar-refractivity contribution is -0.165. The summed E-state index contributed by atoms with van der Waals surface area (Å²) in [6, 6.07) is 0. The monoisotopic (exact) mass is 860 g/mol. The van der Waals surface area contributed by atoms with Crippen molar-refractivity contribution in [2.45, 2.75) is 251 Å². The molecule has 60 heavy (non-hydrogen) atoms. The van der Waals surface area contributed by atoms with Crippen molar-refractivity contribution < 1.29 is 54.2 Å². The zero-order valence-electron chi connectivity index (χ0n) is 38.7. The average Bonchev–Trinajstić information content (AvgIpc) is 3.22. The molecule has 0 saturated carbocycles. The average molecular weight is 860 g/mol. The van der Waals surface area contributed by atoms with Crippen molar-refractivity contribution in [3.63, 3.8) is 0 Å². The SMILES string of the molecule is CCCCCCCCCCCOC(=O)CCCCCN(CCO)CCCCCCCC(=O)OC(CCCCCCCC)CCCCCCCC.O=C(O)[C@H](O)[C@@H](O)C(=O)O. The first-order valence-corrected chi connectivity index (χ1v) is 24.5. The van der Waals surface area contributed by atoms with Gasteiger partial charge in [-0.15, -0.1) is 0 Å². The van der Waals surface area contributed by atoms with Crippen LogP contribution in [0.25, 0.3) is 0 Å². The van der Waals surface area contributed by atoms with Crippen molar-refractivity contribution in [3.8, 4) is 0 Å². The molecule has 0 radical (unpaired) electrons. The van der Waals surface area contributed by atoms with Gasteiger partial charge in [-0.1, -0.05) is 162 Å². The number of unbranched alkanes of at least 4 members (excludes halogenated alkanes) is 24. The number of ether oxygens (including phenoxy) is 2. The summed E-state index contributed by atoms with van der Waals surface area (Å²) in [5.74, 6) is -3.58. The minimum atomic E-state index is -2.27. The van der Waals surface area contributed by atoms with Crippen LogP contribution in [0.2, 0.25) is 0 Å². The lowest BCUT2D eigenvalue weighted by Crippen LogP contribution is -2.39. The minimum Gasteiger partial charge on any atom is -0.479 e. The van der Waals surface area contributed by atoms with Crippen molar-refractivity contribution in [2.24, 2.45) is 0 Å². The molecule has 0 aliphatic heterocycles. The second-order valence-electron chi connectivity index (χ2n) is 16.7. The van der Waals surface area contributed by atoms with Gasteiger partial charge in [0.1, 0.15) is 6.10 Å². The van der Waals surface area contributed by atoms with Gasteiger partial charge < -0.3 is 39.9 Å². The number of aliphatic hydroxyl groups is 3. The Morgan fingerprint density at radius 1 is 0.450 bits per heavy atom. The molecule has 0 spiro atoms. The summed E-state index contributed by atoms with van der Waals surface area (Å²) in [5.41, 5.74) is 0. The van der Waals surface area contributed by atoms with Gasteiger partial charge in [0.25, 0.3) is 0 Å². The van der Waals surface area contributed by atoms with E-state index >= 15 is 0 Å². The number of aliphatic carboxylic acids is 2. The fourth-order valence-corrected chi connectivity index (χ4v) is 7.15. The number of carboxylic acids is 2. The maximum absolute atomic E-state index is 12.7. The van der Waals surface area contributed by atoms with Gasteiger partial charge in [0.15, 0.2) is 12.2 Å². The molecule has 0 aliphatic carbocycles. The van der Waals surface area contributed by atoms with Crippen LogP contribution < -0.4 is 0 Å². The van der Waals surface area contributed by atoms with Gasteiger partial charge in [-0.2, -0.15) is 0 Å². The topological polar surface area (TPSA) is 191 Å². The molecule has 5 N–H and O–H groups in total. The number of hydrogen-bond acceptors (Lipinski definition) is 10. The molecule has 0 aromatic heterocycles. The summed E-state index contributed by atoms with van der Waals surface area (Å²) in [6.45, 7) is 10.2. The van der Waals surface area contributed by atoms with Crippen molar-refractivity contribution in [3.05, 3.63) is 0 Å². The number of carbonyl (C=O) groups excluding carboxylic acids is 2. The highest BCUT2D eigenvalue weighted by Crippen LogP contribution is 2.18. The quantitative estimate of drug-likeness (QED) is 0.0288. The van der Waals surface area contributed by atoms with Crippen LogP contribution in [-0.4, -0.2) is 105 Å². The van der Waals surface area contributed by atoms with Crippen molar-refractivity contribution in [1.82, 2.24) is 4.90 Å². The summed E-state index contributed by atoms with van der Waals surface area (Å²) in [6.07, 6.45) is 33.9. The third-order valence-electron chi connectivity index (χ3n) is 11.0. The highest BCUT2D eigenvalue weighted by Gasteiger charge is 2.29. The van der Waals surface area contributed by atoms with Crippen LogP contribution >= 0.6 is 0 Å². The molecule has 0 rings (SSSR count). The van der Waals surface area contributed by atoms with Crippen LogP contribution in [0.3, 0.4) is 0 Å². The van der Waals surface area contributed by atoms with E-state index < -0.39 is 24.1 Å². The van der Waals surface area contributed by atoms with E-state index in [0.29, 0.717) is 26.0 Å². The predicted molar refractivity (Wildman–Crippen MR) is 241 cm³/mol. The van der Waals surface area contributed by atoms with Gasteiger partial charge in [-0.05, 0) is 70.9 Å². The summed E-state index contributed by atoms with van der Waals surface area (Å²) < 4.78 is 11.4. The Hall–Kier alpha value is -2.28. The fourth-order valence-electron chi connectivity index (χ4n) is 7.15. The number of nitrogens with zero attached hydrogens (tertiary/aromatic N) is 1. The van der Waals surface area contributed by atoms with Gasteiger partial charge in [0.05, 0.1) is 13.2 Å². The molecule has 12 heteroatoms. The first kappa shape index (κ1) is 59.8. The van der Waals surface area contributed by atoms with E-state index in [2.05, 4.69) is 25.7 Å². The number of rotatable bonds is 44. The molecule has 0 aromatic carbocycles. The molecule has 0 saturated heterocycles. The highest BCUT2D eigenvalue weighted by molar-refractivity contribution is 5.83. The number of carboxylic acid groups (broad SMARTS) is 2. The van der Waals surface area contributed by atoms with Crippen molar-refractivity contribution >= 4 is 23.9 Å². The van der Waals surface area contributed by atoms with Gasteiger partial charge in [-0.25, -0.2) is 9.59 Å². The summed E-state index contributed by atoms with van der Waals surface area (Å²) in [5, 5.41) is 42.1. The van der Waals surface area contributed by atoms with Crippen LogP contribution in [0.1, 0.15) is 233 Å². The van der Waals surface area contributed by atoms with E-state index in [1.54, 1.807) is 0 Å². The van der Waals surface area contributed by atoms with Crippen LogP contribution in [0.5, 0.6) is 0 Å². The Bertz CT molecular complexity index is 948. The molecule has 0 bridgehead atoms. The number of aliphatic hydroxyl groups excluding tert-OH is 3. The van der Waals surface area contributed by atoms with Gasteiger partial charge >= 0.3 is 23.9 Å². The predicted octanol–water partition coefficient (Wildman–Crippen LogP) is 10.5. The Kier molecular flexibility index (Phi) is 46.1. The Balaban J connectivity index is 0. The number of esters is 2. The largest absolute Gasteiger partial charge is 0.479 e. The van der Waals surface area contributed by atoms with E-state index in [-0.39, 0.29) is 24.6 Å². The van der Waals surface area contributed by atoms with Gasteiger partial charge in [-0.3, -0.25) is 9.59 Å². The van der Waals surface area contributed by atoms with E-state index in [1.807, 2.05) is 0 Å². The maximum atomic E-state index is 12.7. The molecular weight excluding hydrogens is 767 g/mol. The standard InChI is InChI=1S/C44H87NO5.C4H6O6/c1-4-7-10-13-16-17-18-24-32-41-49-43(47)35-29-25-31-38-45(39-40-46)37-30-23-19-22-28-36-44(48)50-42(33-26-20-14-11-8-5-2)34-27-21-15-12-9-6-3;5-1(3(7)8)2(6)4(9)10/h42,46H,4-41H2,1-3H3;1-2,5-6H,(H,7,8)(H,9,10)/t;1-,2-/m.1/s1. The second kappa shape index (κ2) is 46.2. The lowest BCUT2D eigenvalue weighted by Gasteiger charge is -2.21. The molecular formula is C48H93NO11. The maximum Gasteiger partial charge on any atom is 0.335 e. The molecule has 12 nitrogen and oxygen atoms in total. The highest BCUT2D eigenvalue weighted by atomic mass is 16.5. The molecule has 356 valence electrons. The first-order chi connectivity index (χ1) is 29.0. The first-order valence-electron chi connectivity index (χ1n) is 24.5. The third kappa shape index (κ3) is 42.4. The normalized spacial score (nSPS) is 12.3. The van der Waals surface area contributed by atoms with Gasteiger partial charge in [0.2, 0.25) is 0 Å². The molecule has 0 heterocycles. The van der Waals surface area contributed by atoms with Crippen molar-refractivity contribution in [2.75, 3.05) is 32.8 Å². The zero-order chi connectivity index (χ0) is 44.9. The molecule has 2 atom stereocenters. The Morgan fingerprint density at radius 2 is 0.800 bits per heavy atom. The fraction of sp³-hybridized carbons (Fsp3) is 0.917. The molecule has 0 amide bonds.